The van der Waals surface area contributed by atoms with Crippen molar-refractivity contribution in [2.75, 3.05) is 16.3 Å². The van der Waals surface area contributed by atoms with E-state index < -0.39 is 10.2 Å². The number of nitrogens with zero attached hydrogens (tertiary/aromatic N) is 3. The Morgan fingerprint density at radius 1 is 0.816 bits per heavy atom. The SMILES string of the molecule is CCN1C(=CC2C(N(c3ccccc3)c3ccccc3)=C(c3sc4ccccc4[n+]3CC)C3CCC2C3)Sc2ccccc21.[O-][Cl+3]([O-])([O-])[O-]. The lowest BCUT2D eigenvalue weighted by Crippen LogP contribution is -2.68. The lowest BCUT2D eigenvalue weighted by Gasteiger charge is -2.39. The van der Waals surface area contributed by atoms with E-state index in [1.165, 1.54) is 67.2 Å². The lowest BCUT2D eigenvalue weighted by molar-refractivity contribution is -2.00. The predicted octanol–water partition coefficient (Wildman–Crippen LogP) is 5.52. The highest BCUT2D eigenvalue weighted by atomic mass is 35.7. The normalized spacial score (nSPS) is 20.8. The molecule has 0 N–H and O–H groups in total. The molecule has 252 valence electrons. The van der Waals surface area contributed by atoms with Crippen LogP contribution in [-0.2, 0) is 6.54 Å². The predicted molar refractivity (Wildman–Crippen MR) is 187 cm³/mol. The third-order valence-corrected chi connectivity index (χ3v) is 12.0. The molecule has 5 aromatic rings. The monoisotopic (exact) mass is 711 g/mol. The van der Waals surface area contributed by atoms with Gasteiger partial charge in [0.1, 0.15) is 11.2 Å². The van der Waals surface area contributed by atoms with Crippen LogP contribution in [0.25, 0.3) is 15.8 Å². The maximum atomic E-state index is 8.49. The van der Waals surface area contributed by atoms with Gasteiger partial charge in [0, 0.05) is 40.5 Å². The van der Waals surface area contributed by atoms with Crippen LogP contribution in [0.15, 0.2) is 131 Å². The van der Waals surface area contributed by atoms with E-state index in [0.29, 0.717) is 17.8 Å². The Morgan fingerprint density at radius 2 is 1.43 bits per heavy atom. The average molecular weight is 712 g/mol. The number of fused-ring (bicyclic) bond motifs is 4. The molecular weight excluding hydrogens is 674 g/mol. The molecule has 3 atom stereocenters. The van der Waals surface area contributed by atoms with Crippen LogP contribution in [-0.4, -0.2) is 6.54 Å². The van der Waals surface area contributed by atoms with E-state index in [0.717, 1.165) is 13.1 Å². The number of benzene rings is 4. The summed E-state index contributed by atoms with van der Waals surface area (Å²) in [4.78, 5) is 6.50. The molecule has 10 heteroatoms. The van der Waals surface area contributed by atoms with Crippen LogP contribution in [0.5, 0.6) is 0 Å². The number of anilines is 3. The molecular formula is C39H38ClN3O4S2. The standard InChI is InChI=1S/C39H38N3S2.ClHO4/c1-3-40-32-19-11-13-21-34(32)43-36(40)26-31-27-23-24-28(25-27)37(39-41(4-2)33-20-12-14-22-35(33)44-39)38(31)42(29-15-7-5-8-16-29)30-17-9-6-10-18-30;2-1(3,4)5/h5-22,26-28,31H,3-4,23-25H2,1-2H3;(H,2,3,4,5)/q+1;/p-1. The van der Waals surface area contributed by atoms with E-state index in [2.05, 4.69) is 143 Å². The molecule has 1 aliphatic heterocycles. The fraction of sp³-hybridized carbons (Fsp3) is 0.256. The summed E-state index contributed by atoms with van der Waals surface area (Å²) in [5.74, 6) is 1.47. The Balaban J connectivity index is 0.000000707. The molecule has 2 aliphatic carbocycles. The second kappa shape index (κ2) is 14.3. The molecule has 4 aromatic carbocycles. The number of thioether (sulfide) groups is 1. The first-order valence-electron chi connectivity index (χ1n) is 16.7. The molecule has 3 aliphatic rings. The molecule has 1 saturated carbocycles. The number of hydrogen-bond acceptors (Lipinski definition) is 8. The van der Waals surface area contributed by atoms with E-state index in [1.807, 2.05) is 23.1 Å². The van der Waals surface area contributed by atoms with Crippen molar-refractivity contribution in [1.29, 1.82) is 0 Å². The maximum absolute atomic E-state index is 8.49. The van der Waals surface area contributed by atoms with Crippen molar-refractivity contribution in [2.24, 2.45) is 17.8 Å². The fourth-order valence-electron chi connectivity index (χ4n) is 7.77. The van der Waals surface area contributed by atoms with Crippen molar-refractivity contribution >= 4 is 56.0 Å². The Labute approximate surface area is 297 Å². The van der Waals surface area contributed by atoms with Gasteiger partial charge in [0.25, 0.3) is 5.01 Å². The highest BCUT2D eigenvalue weighted by Gasteiger charge is 2.47. The molecule has 0 spiro atoms. The molecule has 3 unspecified atom stereocenters. The highest BCUT2D eigenvalue weighted by molar-refractivity contribution is 8.03. The van der Waals surface area contributed by atoms with Crippen LogP contribution in [0.4, 0.5) is 17.1 Å². The van der Waals surface area contributed by atoms with Gasteiger partial charge in [0.15, 0.2) is 0 Å². The molecule has 0 saturated heterocycles. The minimum atomic E-state index is -4.94. The van der Waals surface area contributed by atoms with Crippen molar-refractivity contribution < 1.29 is 33.4 Å². The number of allylic oxidation sites excluding steroid dienone is 2. The Bertz CT molecular complexity index is 1950. The van der Waals surface area contributed by atoms with Crippen LogP contribution < -0.4 is 33.0 Å². The van der Waals surface area contributed by atoms with Crippen molar-refractivity contribution in [1.82, 2.24) is 0 Å². The second-order valence-corrected chi connectivity index (χ2v) is 15.3. The minimum absolute atomic E-state index is 0.297. The van der Waals surface area contributed by atoms with Gasteiger partial charge in [-0.2, -0.15) is 4.57 Å². The summed E-state index contributed by atoms with van der Waals surface area (Å²) in [6.07, 6.45) is 6.43. The topological polar surface area (TPSA) is 103 Å². The summed E-state index contributed by atoms with van der Waals surface area (Å²) in [7, 11) is -4.94. The molecule has 2 bridgehead atoms. The van der Waals surface area contributed by atoms with Crippen molar-refractivity contribution in [3.63, 3.8) is 0 Å². The largest absolute Gasteiger partial charge is 0.336 e. The van der Waals surface area contributed by atoms with Crippen LogP contribution in [0, 0.1) is 28.0 Å². The number of thiazole rings is 1. The van der Waals surface area contributed by atoms with Crippen molar-refractivity contribution in [2.45, 2.75) is 44.6 Å². The third-order valence-electron chi connectivity index (χ3n) is 9.68. The van der Waals surface area contributed by atoms with Gasteiger partial charge in [0.2, 0.25) is 5.52 Å². The molecule has 8 rings (SSSR count). The molecule has 0 amide bonds. The molecule has 2 heterocycles. The van der Waals surface area contributed by atoms with Crippen LogP contribution >= 0.6 is 23.1 Å². The van der Waals surface area contributed by atoms with Crippen molar-refractivity contribution in [3.8, 4) is 0 Å². The zero-order valence-electron chi connectivity index (χ0n) is 27.4. The Hall–Kier alpha value is -3.67. The molecule has 49 heavy (non-hydrogen) atoms. The summed E-state index contributed by atoms with van der Waals surface area (Å²) >= 11 is 3.93. The van der Waals surface area contributed by atoms with Gasteiger partial charge in [-0.15, -0.1) is 10.2 Å². The van der Waals surface area contributed by atoms with Gasteiger partial charge in [-0.25, -0.2) is 18.6 Å². The summed E-state index contributed by atoms with van der Waals surface area (Å²) in [6.45, 7) is 6.52. The van der Waals surface area contributed by atoms with E-state index in [1.54, 1.807) is 5.57 Å². The quantitative estimate of drug-likeness (QED) is 0.205. The Kier molecular flexibility index (Phi) is 9.86. The van der Waals surface area contributed by atoms with E-state index in [-0.39, 0.29) is 0 Å². The van der Waals surface area contributed by atoms with Gasteiger partial charge in [0.05, 0.1) is 16.3 Å². The minimum Gasteiger partial charge on any atom is -0.336 e. The van der Waals surface area contributed by atoms with Gasteiger partial charge >= 0.3 is 0 Å². The zero-order chi connectivity index (χ0) is 34.1. The number of aromatic nitrogens is 1. The van der Waals surface area contributed by atoms with Crippen LogP contribution in [0.2, 0.25) is 0 Å². The molecule has 0 radical (unpaired) electrons. The second-order valence-electron chi connectivity index (χ2n) is 12.4. The van der Waals surface area contributed by atoms with E-state index >= 15 is 0 Å². The number of rotatable bonds is 7. The first-order valence-corrected chi connectivity index (χ1v) is 19.6. The lowest BCUT2D eigenvalue weighted by atomic mass is 9.77. The summed E-state index contributed by atoms with van der Waals surface area (Å²) < 4.78 is 37.9. The number of hydrogen-bond donors (Lipinski definition) is 0. The average Bonchev–Trinajstić information content (AvgIpc) is 3.80. The van der Waals surface area contributed by atoms with Gasteiger partial charge in [-0.1, -0.05) is 83.8 Å². The zero-order valence-corrected chi connectivity index (χ0v) is 29.8. The van der Waals surface area contributed by atoms with Gasteiger partial charge < -0.3 is 9.80 Å². The first kappa shape index (κ1) is 33.8. The van der Waals surface area contributed by atoms with Gasteiger partial charge in [-0.3, -0.25) is 0 Å². The van der Waals surface area contributed by atoms with Crippen molar-refractivity contribution in [3.05, 3.63) is 131 Å². The van der Waals surface area contributed by atoms with Crippen LogP contribution in [0.1, 0.15) is 38.1 Å². The maximum Gasteiger partial charge on any atom is 0.268 e. The third kappa shape index (κ3) is 6.90. The number of halogens is 1. The number of aryl methyl sites for hydroxylation is 1. The molecule has 1 fully saturated rings. The highest BCUT2D eigenvalue weighted by Crippen LogP contribution is 2.57. The van der Waals surface area contributed by atoms with Crippen LogP contribution in [0.3, 0.4) is 0 Å². The van der Waals surface area contributed by atoms with Gasteiger partial charge in [-0.05, 0) is 93.5 Å². The smallest absolute Gasteiger partial charge is 0.268 e. The summed E-state index contributed by atoms with van der Waals surface area (Å²) in [5.41, 5.74) is 8.18. The first-order chi connectivity index (χ1) is 23.7. The van der Waals surface area contributed by atoms with E-state index in [9.17, 15) is 0 Å². The fourth-order valence-corrected chi connectivity index (χ4v) is 10.3. The van der Waals surface area contributed by atoms with E-state index in [4.69, 9.17) is 18.6 Å². The summed E-state index contributed by atoms with van der Waals surface area (Å²) in [6, 6.07) is 40.0. The summed E-state index contributed by atoms with van der Waals surface area (Å²) in [5, 5.41) is 2.81. The molecule has 1 aromatic heterocycles. The Morgan fingerprint density at radius 3 is 2.08 bits per heavy atom. The number of para-hydroxylation sites is 4. The molecule has 7 nitrogen and oxygen atoms in total.